The molecule has 0 saturated carbocycles. The highest BCUT2D eigenvalue weighted by molar-refractivity contribution is 6.23. The van der Waals surface area contributed by atoms with Crippen molar-refractivity contribution in [3.05, 3.63) is 237 Å². The Morgan fingerprint density at radius 3 is 1.19 bits per heavy atom. The Hall–Kier alpha value is -8.27. The van der Waals surface area contributed by atoms with E-state index in [-0.39, 0.29) is 0 Å². The average molecular weight is 790 g/mol. The van der Waals surface area contributed by atoms with Gasteiger partial charge in [-0.2, -0.15) is 0 Å². The summed E-state index contributed by atoms with van der Waals surface area (Å²) in [4.78, 5) is 5.40. The van der Waals surface area contributed by atoms with Crippen molar-refractivity contribution >= 4 is 43.6 Å². The molecule has 0 fully saturated rings. The Balaban J connectivity index is 1.06. The van der Waals surface area contributed by atoms with Gasteiger partial charge in [-0.1, -0.05) is 188 Å². The first-order valence-corrected chi connectivity index (χ1v) is 21.2. The molecule has 12 aromatic rings. The van der Waals surface area contributed by atoms with Gasteiger partial charge in [0.1, 0.15) is 0 Å². The summed E-state index contributed by atoms with van der Waals surface area (Å²) in [7, 11) is 0. The summed E-state index contributed by atoms with van der Waals surface area (Å²) >= 11 is 0. The van der Waals surface area contributed by atoms with Crippen LogP contribution in [0, 0.1) is 0 Å². The first-order chi connectivity index (χ1) is 30.7. The van der Waals surface area contributed by atoms with Gasteiger partial charge in [-0.3, -0.25) is 0 Å². The van der Waals surface area contributed by atoms with Crippen molar-refractivity contribution in [1.82, 2.24) is 14.1 Å². The number of pyridine rings is 1. The Kier molecular flexibility index (Phi) is 8.50. The van der Waals surface area contributed by atoms with Crippen molar-refractivity contribution in [2.24, 2.45) is 0 Å². The maximum absolute atomic E-state index is 5.40. The first kappa shape index (κ1) is 35.7. The van der Waals surface area contributed by atoms with E-state index in [1.807, 2.05) is 0 Å². The summed E-state index contributed by atoms with van der Waals surface area (Å²) in [5.41, 5.74) is 18.0. The van der Waals surface area contributed by atoms with Gasteiger partial charge in [0.25, 0.3) is 0 Å². The van der Waals surface area contributed by atoms with Crippen molar-refractivity contribution in [3.8, 4) is 67.3 Å². The topological polar surface area (TPSA) is 22.8 Å². The van der Waals surface area contributed by atoms with Crippen LogP contribution in [0.15, 0.2) is 237 Å². The van der Waals surface area contributed by atoms with Gasteiger partial charge in [0, 0.05) is 44.0 Å². The smallest absolute Gasteiger partial charge is 0.0788 e. The lowest BCUT2D eigenvalue weighted by Crippen LogP contribution is -1.99. The van der Waals surface area contributed by atoms with E-state index >= 15 is 0 Å². The molecule has 3 heterocycles. The van der Waals surface area contributed by atoms with E-state index < -0.39 is 0 Å². The van der Waals surface area contributed by atoms with E-state index in [0.29, 0.717) is 0 Å². The molecule has 0 aliphatic rings. The molecule has 3 nitrogen and oxygen atoms in total. The molecule has 0 unspecified atom stereocenters. The zero-order valence-electron chi connectivity index (χ0n) is 33.9. The van der Waals surface area contributed by atoms with Crippen LogP contribution in [-0.2, 0) is 0 Å². The maximum Gasteiger partial charge on any atom is 0.0788 e. The van der Waals surface area contributed by atoms with Gasteiger partial charge in [-0.15, -0.1) is 0 Å². The quantitative estimate of drug-likeness (QED) is 0.158. The fraction of sp³-hybridized carbons (Fsp3) is 0. The van der Waals surface area contributed by atoms with Crippen molar-refractivity contribution in [2.45, 2.75) is 0 Å². The number of rotatable bonds is 7. The zero-order chi connectivity index (χ0) is 41.0. The summed E-state index contributed by atoms with van der Waals surface area (Å²) in [6.45, 7) is 0. The first-order valence-electron chi connectivity index (χ1n) is 21.2. The lowest BCUT2D eigenvalue weighted by molar-refractivity contribution is 1.15. The maximum atomic E-state index is 5.40. The van der Waals surface area contributed by atoms with E-state index in [2.05, 4.69) is 246 Å². The van der Waals surface area contributed by atoms with Gasteiger partial charge < -0.3 is 9.13 Å². The van der Waals surface area contributed by atoms with Crippen LogP contribution in [0.5, 0.6) is 0 Å². The van der Waals surface area contributed by atoms with Crippen molar-refractivity contribution in [1.29, 1.82) is 0 Å². The SMILES string of the molecule is c1ccc(-c2ccc(-c3cc(-c4ccccc4)cc(-c4cccc(-n5c6ccccc6c6ccc7c8ccccc8n(-c8ccc(-c9ccccc9)cc8)c7c65)c4)n3)cc2)cc1. The number of para-hydroxylation sites is 2. The van der Waals surface area contributed by atoms with Crippen LogP contribution in [0.3, 0.4) is 0 Å². The van der Waals surface area contributed by atoms with E-state index in [1.165, 1.54) is 60.3 Å². The lowest BCUT2D eigenvalue weighted by Gasteiger charge is -2.15. The van der Waals surface area contributed by atoms with Gasteiger partial charge in [0.05, 0.1) is 33.5 Å². The third-order valence-electron chi connectivity index (χ3n) is 12.3. The Morgan fingerprint density at radius 1 is 0.242 bits per heavy atom. The van der Waals surface area contributed by atoms with E-state index in [0.717, 1.165) is 50.5 Å². The van der Waals surface area contributed by atoms with E-state index in [9.17, 15) is 0 Å². The number of fused-ring (bicyclic) bond motifs is 7. The number of nitrogens with zero attached hydrogens (tertiary/aromatic N) is 3. The molecule has 290 valence electrons. The molecular formula is C59H39N3. The van der Waals surface area contributed by atoms with Gasteiger partial charge in [-0.05, 0) is 81.9 Å². The van der Waals surface area contributed by atoms with E-state index in [4.69, 9.17) is 4.98 Å². The molecule has 9 aromatic carbocycles. The second kappa shape index (κ2) is 14.8. The fourth-order valence-corrected chi connectivity index (χ4v) is 9.36. The summed E-state index contributed by atoms with van der Waals surface area (Å²) in [5.74, 6) is 0. The predicted octanol–water partition coefficient (Wildman–Crippen LogP) is 15.6. The number of hydrogen-bond acceptors (Lipinski definition) is 1. The molecule has 0 saturated heterocycles. The van der Waals surface area contributed by atoms with Gasteiger partial charge >= 0.3 is 0 Å². The molecule has 0 N–H and O–H groups in total. The highest BCUT2D eigenvalue weighted by atomic mass is 15.0. The van der Waals surface area contributed by atoms with Crippen molar-refractivity contribution in [2.75, 3.05) is 0 Å². The highest BCUT2D eigenvalue weighted by Crippen LogP contribution is 2.42. The molecule has 0 amide bonds. The standard InChI is InChI=1S/C59H39N3/c1-4-15-40(16-5-1)43-27-29-45(30-28-43)54-38-47(42-19-8-3-9-20-42)39-55(60-54)46-21-14-22-49(37-46)62-57-26-13-11-24-51(57)53-36-35-52-50-23-10-12-25-56(50)61(58(52)59(53)62)48-33-31-44(32-34-48)41-17-6-2-7-18-41/h1-39H. The number of benzene rings is 9. The molecule has 62 heavy (non-hydrogen) atoms. The van der Waals surface area contributed by atoms with Gasteiger partial charge in [0.2, 0.25) is 0 Å². The largest absolute Gasteiger partial charge is 0.307 e. The molecule has 0 bridgehead atoms. The Labute approximate surface area is 360 Å². The summed E-state index contributed by atoms with van der Waals surface area (Å²) in [6, 6.07) is 85.1. The summed E-state index contributed by atoms with van der Waals surface area (Å²) < 4.78 is 4.93. The zero-order valence-corrected chi connectivity index (χ0v) is 33.9. The van der Waals surface area contributed by atoms with Crippen LogP contribution < -0.4 is 0 Å². The molecule has 0 aliphatic carbocycles. The minimum Gasteiger partial charge on any atom is -0.307 e. The number of aromatic nitrogens is 3. The molecule has 3 aromatic heterocycles. The van der Waals surface area contributed by atoms with Crippen molar-refractivity contribution in [3.63, 3.8) is 0 Å². The molecule has 0 atom stereocenters. The van der Waals surface area contributed by atoms with Crippen LogP contribution in [0.1, 0.15) is 0 Å². The third-order valence-corrected chi connectivity index (χ3v) is 12.3. The number of hydrogen-bond donors (Lipinski definition) is 0. The normalized spacial score (nSPS) is 11.5. The summed E-state index contributed by atoms with van der Waals surface area (Å²) in [6.07, 6.45) is 0. The second-order valence-electron chi connectivity index (χ2n) is 16.0. The minimum atomic E-state index is 0.925. The molecule has 0 radical (unpaired) electrons. The van der Waals surface area contributed by atoms with Crippen LogP contribution in [0.25, 0.3) is 111 Å². The van der Waals surface area contributed by atoms with Gasteiger partial charge in [0.15, 0.2) is 0 Å². The molecule has 0 aliphatic heterocycles. The molecule has 0 spiro atoms. The Morgan fingerprint density at radius 2 is 0.645 bits per heavy atom. The van der Waals surface area contributed by atoms with Crippen LogP contribution in [0.4, 0.5) is 0 Å². The fourth-order valence-electron chi connectivity index (χ4n) is 9.36. The van der Waals surface area contributed by atoms with Gasteiger partial charge in [-0.25, -0.2) is 4.98 Å². The third kappa shape index (κ3) is 6.02. The van der Waals surface area contributed by atoms with Crippen molar-refractivity contribution < 1.29 is 0 Å². The molecular weight excluding hydrogens is 751 g/mol. The highest BCUT2D eigenvalue weighted by Gasteiger charge is 2.22. The minimum absolute atomic E-state index is 0.925. The van der Waals surface area contributed by atoms with E-state index in [1.54, 1.807) is 0 Å². The van der Waals surface area contributed by atoms with Crippen LogP contribution >= 0.6 is 0 Å². The predicted molar refractivity (Wildman–Crippen MR) is 260 cm³/mol. The average Bonchev–Trinajstić information content (AvgIpc) is 3.88. The summed E-state index contributed by atoms with van der Waals surface area (Å²) in [5, 5.41) is 4.89. The Bertz CT molecular complexity index is 3580. The van der Waals surface area contributed by atoms with Crippen LogP contribution in [-0.4, -0.2) is 14.1 Å². The monoisotopic (exact) mass is 789 g/mol. The molecule has 12 rings (SSSR count). The lowest BCUT2D eigenvalue weighted by atomic mass is 9.98. The second-order valence-corrected chi connectivity index (χ2v) is 16.0. The van der Waals surface area contributed by atoms with Crippen LogP contribution in [0.2, 0.25) is 0 Å². The molecule has 3 heteroatoms.